The lowest BCUT2D eigenvalue weighted by Crippen LogP contribution is -2.25. The van der Waals surface area contributed by atoms with Gasteiger partial charge in [0.1, 0.15) is 0 Å². The average Bonchev–Trinajstić information content (AvgIpc) is 2.72. The van der Waals surface area contributed by atoms with Crippen molar-refractivity contribution in [3.8, 4) is 0 Å². The molecule has 0 aromatic heterocycles. The van der Waals surface area contributed by atoms with E-state index in [4.69, 9.17) is 0 Å². The van der Waals surface area contributed by atoms with Gasteiger partial charge in [0.25, 0.3) is 0 Å². The Balaban J connectivity index is 2.06. The van der Waals surface area contributed by atoms with E-state index in [0.717, 1.165) is 32.1 Å². The summed E-state index contributed by atoms with van der Waals surface area (Å²) in [6, 6.07) is 0. The lowest BCUT2D eigenvalue weighted by molar-refractivity contribution is -0.144. The SMILES string of the molecule is C=CCCCCCCCCC(=O)C1C(=O)COC1=O. The zero-order valence-corrected chi connectivity index (χ0v) is 11.4. The first kappa shape index (κ1) is 15.6. The molecule has 19 heavy (non-hydrogen) atoms. The van der Waals surface area contributed by atoms with Crippen LogP contribution in [0.2, 0.25) is 0 Å². The minimum absolute atomic E-state index is 0.238. The summed E-state index contributed by atoms with van der Waals surface area (Å²) >= 11 is 0. The molecule has 0 aromatic carbocycles. The minimum atomic E-state index is -1.13. The first-order valence-corrected chi connectivity index (χ1v) is 6.99. The maximum absolute atomic E-state index is 11.7. The second kappa shape index (κ2) is 8.62. The molecule has 0 saturated carbocycles. The fourth-order valence-corrected chi connectivity index (χ4v) is 2.19. The van der Waals surface area contributed by atoms with E-state index in [0.29, 0.717) is 6.42 Å². The summed E-state index contributed by atoms with van der Waals surface area (Å²) in [6.45, 7) is 3.44. The monoisotopic (exact) mass is 266 g/mol. The highest BCUT2D eigenvalue weighted by Gasteiger charge is 2.40. The van der Waals surface area contributed by atoms with Gasteiger partial charge in [-0.1, -0.05) is 31.8 Å². The molecule has 1 atom stereocenters. The maximum atomic E-state index is 11.7. The van der Waals surface area contributed by atoms with Crippen molar-refractivity contribution in [2.45, 2.75) is 51.4 Å². The van der Waals surface area contributed by atoms with Crippen LogP contribution in [0, 0.1) is 5.92 Å². The number of ether oxygens (including phenoxy) is 1. The quantitative estimate of drug-likeness (QED) is 0.264. The van der Waals surface area contributed by atoms with Crippen LogP contribution in [0.15, 0.2) is 12.7 Å². The highest BCUT2D eigenvalue weighted by atomic mass is 16.5. The molecule has 0 radical (unpaired) electrons. The molecule has 4 heteroatoms. The topological polar surface area (TPSA) is 60.4 Å². The van der Waals surface area contributed by atoms with Gasteiger partial charge in [0, 0.05) is 6.42 Å². The van der Waals surface area contributed by atoms with Crippen molar-refractivity contribution in [2.75, 3.05) is 6.61 Å². The van der Waals surface area contributed by atoms with Gasteiger partial charge in [-0.15, -0.1) is 6.58 Å². The van der Waals surface area contributed by atoms with Crippen molar-refractivity contribution in [1.29, 1.82) is 0 Å². The van der Waals surface area contributed by atoms with Gasteiger partial charge < -0.3 is 4.74 Å². The van der Waals surface area contributed by atoms with E-state index >= 15 is 0 Å². The fourth-order valence-electron chi connectivity index (χ4n) is 2.19. The van der Waals surface area contributed by atoms with Crippen molar-refractivity contribution in [1.82, 2.24) is 0 Å². The molecular weight excluding hydrogens is 244 g/mol. The molecular formula is C15H22O4. The lowest BCUT2D eigenvalue weighted by atomic mass is 9.96. The van der Waals surface area contributed by atoms with Gasteiger partial charge in [0.05, 0.1) is 0 Å². The molecule has 0 amide bonds. The van der Waals surface area contributed by atoms with Crippen molar-refractivity contribution >= 4 is 17.5 Å². The summed E-state index contributed by atoms with van der Waals surface area (Å²) in [5.74, 6) is -2.47. The van der Waals surface area contributed by atoms with Crippen LogP contribution in [0.1, 0.15) is 51.4 Å². The summed E-state index contributed by atoms with van der Waals surface area (Å²) in [5, 5.41) is 0. The molecule has 1 heterocycles. The molecule has 1 rings (SSSR count). The van der Waals surface area contributed by atoms with E-state index in [2.05, 4.69) is 11.3 Å². The van der Waals surface area contributed by atoms with E-state index in [1.807, 2.05) is 6.08 Å². The van der Waals surface area contributed by atoms with E-state index < -0.39 is 11.9 Å². The fraction of sp³-hybridized carbons (Fsp3) is 0.667. The van der Waals surface area contributed by atoms with Crippen molar-refractivity contribution in [3.63, 3.8) is 0 Å². The second-order valence-electron chi connectivity index (χ2n) is 4.92. The summed E-state index contributed by atoms with van der Waals surface area (Å²) in [7, 11) is 0. The Kier molecular flexibility index (Phi) is 7.08. The summed E-state index contributed by atoms with van der Waals surface area (Å²) in [6.07, 6.45) is 9.62. The normalized spacial score (nSPS) is 18.4. The predicted molar refractivity (Wildman–Crippen MR) is 71.6 cm³/mol. The number of allylic oxidation sites excluding steroid dienone is 1. The zero-order valence-electron chi connectivity index (χ0n) is 11.4. The van der Waals surface area contributed by atoms with Crippen LogP contribution in [0.5, 0.6) is 0 Å². The number of esters is 1. The Morgan fingerprint density at radius 3 is 2.37 bits per heavy atom. The second-order valence-corrected chi connectivity index (χ2v) is 4.92. The van der Waals surface area contributed by atoms with E-state index in [1.165, 1.54) is 12.8 Å². The van der Waals surface area contributed by atoms with E-state index in [-0.39, 0.29) is 18.2 Å². The van der Waals surface area contributed by atoms with Gasteiger partial charge in [-0.25, -0.2) is 0 Å². The van der Waals surface area contributed by atoms with Crippen molar-refractivity contribution < 1.29 is 19.1 Å². The predicted octanol–water partition coefficient (Wildman–Crippen LogP) is 2.60. The van der Waals surface area contributed by atoms with Crippen LogP contribution >= 0.6 is 0 Å². The smallest absolute Gasteiger partial charge is 0.324 e. The maximum Gasteiger partial charge on any atom is 0.324 e. The van der Waals surface area contributed by atoms with Crippen LogP contribution in [-0.4, -0.2) is 24.1 Å². The number of cyclic esters (lactones) is 1. The number of rotatable bonds is 10. The summed E-state index contributed by atoms with van der Waals surface area (Å²) in [5.41, 5.74) is 0. The van der Waals surface area contributed by atoms with Crippen LogP contribution in [-0.2, 0) is 19.1 Å². The summed E-state index contributed by atoms with van der Waals surface area (Å²) < 4.78 is 4.56. The van der Waals surface area contributed by atoms with E-state index in [9.17, 15) is 14.4 Å². The molecule has 0 spiro atoms. The molecule has 1 aliphatic heterocycles. The molecule has 4 nitrogen and oxygen atoms in total. The Morgan fingerprint density at radius 1 is 1.16 bits per heavy atom. The molecule has 106 valence electrons. The van der Waals surface area contributed by atoms with Crippen LogP contribution in [0.3, 0.4) is 0 Å². The first-order valence-electron chi connectivity index (χ1n) is 6.99. The third kappa shape index (κ3) is 5.37. The number of carbonyl (C=O) groups is 3. The molecule has 1 unspecified atom stereocenters. The standard InChI is InChI=1S/C15H22O4/c1-2-3-4-5-6-7-8-9-10-12(16)14-13(17)11-19-15(14)18/h2,14H,1,3-11H2. The number of ketones is 2. The van der Waals surface area contributed by atoms with Gasteiger partial charge in [-0.3, -0.25) is 14.4 Å². The van der Waals surface area contributed by atoms with Gasteiger partial charge in [-0.05, 0) is 19.3 Å². The molecule has 0 N–H and O–H groups in total. The Labute approximate surface area is 114 Å². The number of unbranched alkanes of at least 4 members (excludes halogenated alkanes) is 6. The third-order valence-electron chi connectivity index (χ3n) is 3.32. The Morgan fingerprint density at radius 2 is 1.79 bits per heavy atom. The van der Waals surface area contributed by atoms with Crippen LogP contribution in [0.4, 0.5) is 0 Å². The average molecular weight is 266 g/mol. The number of Topliss-reactive ketones (excluding diaryl/α,β-unsaturated/α-hetero) is 2. The molecule has 0 aliphatic carbocycles. The van der Waals surface area contributed by atoms with Crippen LogP contribution in [0.25, 0.3) is 0 Å². The van der Waals surface area contributed by atoms with Crippen LogP contribution < -0.4 is 0 Å². The van der Waals surface area contributed by atoms with E-state index in [1.54, 1.807) is 0 Å². The minimum Gasteiger partial charge on any atom is -0.457 e. The Bertz CT molecular complexity index is 330. The third-order valence-corrected chi connectivity index (χ3v) is 3.32. The molecule has 0 bridgehead atoms. The summed E-state index contributed by atoms with van der Waals surface area (Å²) in [4.78, 5) is 34.2. The van der Waals surface area contributed by atoms with Gasteiger partial charge >= 0.3 is 5.97 Å². The Hall–Kier alpha value is -1.45. The number of carbonyl (C=O) groups excluding carboxylic acids is 3. The lowest BCUT2D eigenvalue weighted by Gasteiger charge is -2.04. The zero-order chi connectivity index (χ0) is 14.1. The van der Waals surface area contributed by atoms with Gasteiger partial charge in [0.15, 0.2) is 24.1 Å². The van der Waals surface area contributed by atoms with Crippen molar-refractivity contribution in [3.05, 3.63) is 12.7 Å². The number of hydrogen-bond acceptors (Lipinski definition) is 4. The molecule has 1 fully saturated rings. The molecule has 0 aromatic rings. The van der Waals surface area contributed by atoms with Crippen molar-refractivity contribution in [2.24, 2.45) is 5.92 Å². The van der Waals surface area contributed by atoms with Gasteiger partial charge in [0.2, 0.25) is 0 Å². The number of hydrogen-bond donors (Lipinski definition) is 0. The molecule has 1 saturated heterocycles. The molecule has 1 aliphatic rings. The highest BCUT2D eigenvalue weighted by molar-refractivity contribution is 6.20. The first-order chi connectivity index (χ1) is 9.16. The van der Waals surface area contributed by atoms with Gasteiger partial charge in [-0.2, -0.15) is 0 Å². The highest BCUT2D eigenvalue weighted by Crippen LogP contribution is 2.16. The largest absolute Gasteiger partial charge is 0.457 e.